The van der Waals surface area contributed by atoms with Gasteiger partial charge in [-0.1, -0.05) is 0 Å². The van der Waals surface area contributed by atoms with Crippen LogP contribution in [0.15, 0.2) is 0 Å². The first-order valence-corrected chi connectivity index (χ1v) is 3.32. The fourth-order valence-corrected chi connectivity index (χ4v) is 0. The van der Waals surface area contributed by atoms with E-state index < -0.39 is 15.7 Å². The molecule has 10 heteroatoms. The number of carbonyl (C=O) groups is 3. The summed E-state index contributed by atoms with van der Waals surface area (Å²) in [6.07, 6.45) is 0. The molecule has 0 aromatic rings. The van der Waals surface area contributed by atoms with Crippen LogP contribution in [-0.2, 0) is 37.9 Å². The molecular formula is C3H6CeN3O3S3. The fourth-order valence-electron chi connectivity index (χ4n) is 0. The van der Waals surface area contributed by atoms with Crippen LogP contribution in [0.25, 0.3) is 0 Å². The number of carbonyl (C=O) groups excluding carboxylic acids is 3. The van der Waals surface area contributed by atoms with E-state index in [0.717, 1.165) is 0 Å². The molecule has 73 valence electrons. The molecule has 0 bridgehead atoms. The van der Waals surface area contributed by atoms with Crippen LogP contribution < -0.4 is 17.2 Å². The Morgan fingerprint density at radius 3 is 0.692 bits per heavy atom. The molecule has 0 aliphatic heterocycles. The van der Waals surface area contributed by atoms with Crippen molar-refractivity contribution in [2.24, 2.45) is 17.2 Å². The maximum absolute atomic E-state index is 9.04. The third kappa shape index (κ3) is 6810. The molecule has 1 radical (unpaired) electrons. The Bertz CT molecular complexity index is 127. The average molecular weight is 368 g/mol. The van der Waals surface area contributed by atoms with E-state index in [1.807, 2.05) is 0 Å². The molecule has 0 unspecified atom stereocenters. The van der Waals surface area contributed by atoms with Crippen molar-refractivity contribution in [3.63, 3.8) is 0 Å². The van der Waals surface area contributed by atoms with Crippen LogP contribution in [0.2, 0.25) is 0 Å². The van der Waals surface area contributed by atoms with E-state index in [9.17, 15) is 0 Å². The minimum atomic E-state index is -0.750. The topological polar surface area (TPSA) is 129 Å². The maximum atomic E-state index is 9.04. The van der Waals surface area contributed by atoms with Crippen LogP contribution >= 0.6 is 0 Å². The van der Waals surface area contributed by atoms with Gasteiger partial charge in [-0.15, -0.1) is 0 Å². The Balaban J connectivity index is -0.0000000450. The van der Waals surface area contributed by atoms with Gasteiger partial charge in [0.1, 0.15) is 0 Å². The molecule has 0 atom stereocenters. The first kappa shape index (κ1) is 23.3. The Labute approximate surface area is 125 Å². The minimum Gasteiger partial charge on any atom is -0.719 e. The predicted molar refractivity (Wildman–Crippen MR) is 50.8 cm³/mol. The number of nitrogens with two attached hydrogens (primary N) is 3. The SMILES string of the molecule is NC(=O)[S-].NC(=O)[S-].NC(=O)[S-].[Ce+3]. The zero-order valence-electron chi connectivity index (χ0n) is 6.18. The number of hydrogen-bond acceptors (Lipinski definition) is 6. The van der Waals surface area contributed by atoms with Gasteiger partial charge in [-0.05, 0) is 0 Å². The van der Waals surface area contributed by atoms with Gasteiger partial charge in [-0.25, -0.2) is 0 Å². The summed E-state index contributed by atoms with van der Waals surface area (Å²) in [6.45, 7) is 0. The number of rotatable bonds is 0. The zero-order valence-corrected chi connectivity index (χ0v) is 11.8. The van der Waals surface area contributed by atoms with Crippen LogP contribution in [0.3, 0.4) is 0 Å². The van der Waals surface area contributed by atoms with E-state index in [1.54, 1.807) is 0 Å². The summed E-state index contributed by atoms with van der Waals surface area (Å²) in [5.41, 5.74) is 12.9. The van der Waals surface area contributed by atoms with Crippen molar-refractivity contribution in [3.8, 4) is 0 Å². The summed E-state index contributed by atoms with van der Waals surface area (Å²) in [4.78, 5) is 27.1. The zero-order chi connectivity index (χ0) is 10.7. The van der Waals surface area contributed by atoms with E-state index in [-0.39, 0.29) is 41.7 Å². The van der Waals surface area contributed by atoms with Crippen LogP contribution in [-0.4, -0.2) is 15.7 Å². The Kier molecular flexibility index (Phi) is 32.8. The molecule has 0 aliphatic carbocycles. The Morgan fingerprint density at radius 1 is 0.692 bits per heavy atom. The van der Waals surface area contributed by atoms with Gasteiger partial charge in [0.05, 0.1) is 15.7 Å². The molecule has 0 saturated carbocycles. The van der Waals surface area contributed by atoms with Crippen molar-refractivity contribution in [2.75, 3.05) is 0 Å². The van der Waals surface area contributed by atoms with Gasteiger partial charge in [0, 0.05) is 0 Å². The number of primary amides is 3. The smallest absolute Gasteiger partial charge is 0.719 e. The molecule has 0 aromatic heterocycles. The molecule has 6 nitrogen and oxygen atoms in total. The van der Waals surface area contributed by atoms with Gasteiger partial charge in [-0.3, -0.25) is 0 Å². The normalized spacial score (nSPS) is 5.54. The van der Waals surface area contributed by atoms with Gasteiger partial charge < -0.3 is 69.5 Å². The van der Waals surface area contributed by atoms with Crippen molar-refractivity contribution >= 4 is 53.6 Å². The Morgan fingerprint density at radius 2 is 0.692 bits per heavy atom. The number of amides is 3. The second-order valence-corrected chi connectivity index (χ2v) is 2.16. The van der Waals surface area contributed by atoms with Crippen LogP contribution in [0.1, 0.15) is 0 Å². The molecule has 0 saturated heterocycles. The first-order chi connectivity index (χ1) is 5.20. The van der Waals surface area contributed by atoms with Crippen LogP contribution in [0, 0.1) is 41.7 Å². The second kappa shape index (κ2) is 18.3. The van der Waals surface area contributed by atoms with Gasteiger partial charge in [-0.2, -0.15) is 0 Å². The Hall–Kier alpha value is 0.447. The average Bonchev–Trinajstić information content (AvgIpc) is 1.54. The molecule has 0 aliphatic rings. The van der Waals surface area contributed by atoms with Crippen molar-refractivity contribution < 1.29 is 56.1 Å². The number of hydrogen-bond donors (Lipinski definition) is 3. The molecule has 0 heterocycles. The largest absolute Gasteiger partial charge is 3.00 e. The molecule has 0 rings (SSSR count). The standard InChI is InChI=1S/3CH3NOS.Ce/c3*2-1(3)4;/h3*(H3,2,3,4);/q;;;+3/p-3. The van der Waals surface area contributed by atoms with Crippen molar-refractivity contribution in [2.45, 2.75) is 0 Å². The summed E-state index contributed by atoms with van der Waals surface area (Å²) < 4.78 is 0. The van der Waals surface area contributed by atoms with E-state index in [2.05, 4.69) is 55.1 Å². The molecular weight excluding hydrogens is 362 g/mol. The molecule has 0 aromatic carbocycles. The molecule has 0 spiro atoms. The van der Waals surface area contributed by atoms with Crippen molar-refractivity contribution in [3.05, 3.63) is 0 Å². The quantitative estimate of drug-likeness (QED) is 0.462. The molecule has 13 heavy (non-hydrogen) atoms. The van der Waals surface area contributed by atoms with Crippen LogP contribution in [0.5, 0.6) is 0 Å². The molecule has 3 amide bonds. The van der Waals surface area contributed by atoms with Gasteiger partial charge in [0.25, 0.3) is 0 Å². The van der Waals surface area contributed by atoms with E-state index >= 15 is 0 Å². The predicted octanol–water partition coefficient (Wildman–Crippen LogP) is -1.16. The molecule has 6 N–H and O–H groups in total. The van der Waals surface area contributed by atoms with E-state index in [4.69, 9.17) is 14.4 Å². The maximum Gasteiger partial charge on any atom is 3.00 e. The van der Waals surface area contributed by atoms with Gasteiger partial charge >= 0.3 is 41.7 Å². The van der Waals surface area contributed by atoms with Gasteiger partial charge in [0.15, 0.2) is 0 Å². The first-order valence-electron chi connectivity index (χ1n) is 2.09. The second-order valence-electron chi connectivity index (χ2n) is 0.957. The van der Waals surface area contributed by atoms with Crippen molar-refractivity contribution in [1.29, 1.82) is 0 Å². The summed E-state index contributed by atoms with van der Waals surface area (Å²) in [5, 5.41) is -2.25. The van der Waals surface area contributed by atoms with Crippen molar-refractivity contribution in [1.82, 2.24) is 0 Å². The minimum absolute atomic E-state index is 0. The van der Waals surface area contributed by atoms with E-state index in [1.165, 1.54) is 0 Å². The van der Waals surface area contributed by atoms with Gasteiger partial charge in [0.2, 0.25) is 0 Å². The summed E-state index contributed by atoms with van der Waals surface area (Å²) >= 11 is 11.3. The van der Waals surface area contributed by atoms with Crippen LogP contribution in [0.4, 0.5) is 14.4 Å². The summed E-state index contributed by atoms with van der Waals surface area (Å²) in [7, 11) is 0. The molecule has 0 fully saturated rings. The summed E-state index contributed by atoms with van der Waals surface area (Å²) in [6, 6.07) is 0. The third-order valence-electron chi connectivity index (χ3n) is 0. The summed E-state index contributed by atoms with van der Waals surface area (Å²) in [5.74, 6) is 0. The third-order valence-corrected chi connectivity index (χ3v) is 0. The fraction of sp³-hybridized carbons (Fsp3) is 0. The van der Waals surface area contributed by atoms with E-state index in [0.29, 0.717) is 0 Å². The monoisotopic (exact) mass is 368 g/mol.